The number of aryl methyl sites for hydroxylation is 1. The molecule has 5 nitrogen and oxygen atoms in total. The van der Waals surface area contributed by atoms with Gasteiger partial charge in [0, 0.05) is 18.3 Å². The lowest BCUT2D eigenvalue weighted by atomic mass is 10.1. The Bertz CT molecular complexity index is 830. The summed E-state index contributed by atoms with van der Waals surface area (Å²) < 4.78 is 0. The summed E-state index contributed by atoms with van der Waals surface area (Å²) in [6, 6.07) is 15.9. The van der Waals surface area contributed by atoms with Gasteiger partial charge in [0.15, 0.2) is 0 Å². The van der Waals surface area contributed by atoms with E-state index in [1.54, 1.807) is 37.4 Å². The van der Waals surface area contributed by atoms with Gasteiger partial charge in [-0.15, -0.1) is 0 Å². The second kappa shape index (κ2) is 7.75. The van der Waals surface area contributed by atoms with Crippen molar-refractivity contribution >= 4 is 23.6 Å². The number of carbonyl (C=O) groups excluding carboxylic acids is 2. The molecule has 0 spiro atoms. The average Bonchev–Trinajstić information content (AvgIpc) is 2.61. The van der Waals surface area contributed by atoms with Crippen LogP contribution >= 0.6 is 0 Å². The average molecular weight is 319 g/mol. The van der Waals surface area contributed by atoms with Crippen molar-refractivity contribution in [3.05, 3.63) is 70.8 Å². The van der Waals surface area contributed by atoms with Crippen LogP contribution in [0, 0.1) is 18.3 Å². The van der Waals surface area contributed by atoms with E-state index in [2.05, 4.69) is 10.6 Å². The third-order valence-corrected chi connectivity index (χ3v) is 3.47. The van der Waals surface area contributed by atoms with Gasteiger partial charge in [-0.25, -0.2) is 0 Å². The van der Waals surface area contributed by atoms with Gasteiger partial charge in [0.05, 0.1) is 0 Å². The monoisotopic (exact) mass is 319 g/mol. The van der Waals surface area contributed by atoms with E-state index in [0.29, 0.717) is 16.8 Å². The highest BCUT2D eigenvalue weighted by molar-refractivity contribution is 6.10. The Kier molecular flexibility index (Phi) is 5.48. The molecule has 0 atom stereocenters. The fourth-order valence-corrected chi connectivity index (χ4v) is 2.09. The van der Waals surface area contributed by atoms with E-state index in [9.17, 15) is 14.9 Å². The van der Waals surface area contributed by atoms with E-state index >= 15 is 0 Å². The molecule has 0 aliphatic carbocycles. The van der Waals surface area contributed by atoms with E-state index in [4.69, 9.17) is 0 Å². The van der Waals surface area contributed by atoms with Crippen molar-refractivity contribution in [1.82, 2.24) is 5.32 Å². The predicted octanol–water partition coefficient (Wildman–Crippen LogP) is 2.90. The van der Waals surface area contributed by atoms with E-state index in [1.165, 1.54) is 6.08 Å². The van der Waals surface area contributed by atoms with Crippen LogP contribution in [-0.4, -0.2) is 18.9 Å². The zero-order valence-corrected chi connectivity index (χ0v) is 13.5. The number of hydrogen-bond donors (Lipinski definition) is 2. The fraction of sp³-hybridized carbons (Fsp3) is 0.105. The molecule has 2 N–H and O–H groups in total. The van der Waals surface area contributed by atoms with Crippen LogP contribution in [0.1, 0.15) is 21.5 Å². The summed E-state index contributed by atoms with van der Waals surface area (Å²) in [6.45, 7) is 1.88. The molecule has 5 heteroatoms. The molecule has 0 aliphatic rings. The first-order valence-corrected chi connectivity index (χ1v) is 7.36. The highest BCUT2D eigenvalue weighted by Crippen LogP contribution is 2.15. The van der Waals surface area contributed by atoms with Gasteiger partial charge in [0.1, 0.15) is 11.6 Å². The van der Waals surface area contributed by atoms with Crippen molar-refractivity contribution in [2.24, 2.45) is 0 Å². The lowest BCUT2D eigenvalue weighted by Gasteiger charge is -2.07. The van der Waals surface area contributed by atoms with Gasteiger partial charge < -0.3 is 10.6 Å². The van der Waals surface area contributed by atoms with Gasteiger partial charge >= 0.3 is 0 Å². The first-order chi connectivity index (χ1) is 11.5. The zero-order valence-electron chi connectivity index (χ0n) is 13.5. The number of benzene rings is 2. The smallest absolute Gasteiger partial charge is 0.266 e. The molecule has 2 aromatic rings. The van der Waals surface area contributed by atoms with Gasteiger partial charge in [0.2, 0.25) is 0 Å². The summed E-state index contributed by atoms with van der Waals surface area (Å²) in [5.74, 6) is -0.662. The first-order valence-electron chi connectivity index (χ1n) is 7.36. The van der Waals surface area contributed by atoms with Gasteiger partial charge in [-0.05, 0) is 42.3 Å². The molecule has 0 aliphatic heterocycles. The maximum Gasteiger partial charge on any atom is 0.266 e. The summed E-state index contributed by atoms with van der Waals surface area (Å²) in [5, 5.41) is 14.5. The summed E-state index contributed by atoms with van der Waals surface area (Å²) in [5.41, 5.74) is 2.75. The number of nitriles is 1. The van der Waals surface area contributed by atoms with Crippen LogP contribution in [0.15, 0.2) is 54.1 Å². The van der Waals surface area contributed by atoms with Crippen LogP contribution in [0.5, 0.6) is 0 Å². The summed E-state index contributed by atoms with van der Waals surface area (Å²) in [6.07, 6.45) is 1.49. The van der Waals surface area contributed by atoms with Crippen molar-refractivity contribution in [1.29, 1.82) is 5.26 Å². The molecular formula is C19H17N3O2. The van der Waals surface area contributed by atoms with Gasteiger partial charge in [-0.1, -0.05) is 30.3 Å². The second-order valence-electron chi connectivity index (χ2n) is 5.14. The van der Waals surface area contributed by atoms with Crippen LogP contribution in [0.2, 0.25) is 0 Å². The first kappa shape index (κ1) is 17.0. The quantitative estimate of drug-likeness (QED) is 0.671. The summed E-state index contributed by atoms with van der Waals surface area (Å²) in [4.78, 5) is 23.8. The molecule has 0 radical (unpaired) electrons. The minimum absolute atomic E-state index is 0.00838. The normalized spacial score (nSPS) is 10.6. The fourth-order valence-electron chi connectivity index (χ4n) is 2.09. The predicted molar refractivity (Wildman–Crippen MR) is 93.2 cm³/mol. The third kappa shape index (κ3) is 4.08. The number of carbonyl (C=O) groups is 2. The maximum atomic E-state index is 12.3. The summed E-state index contributed by atoms with van der Waals surface area (Å²) >= 11 is 0. The third-order valence-electron chi connectivity index (χ3n) is 3.47. The number of nitrogens with zero attached hydrogens (tertiary/aromatic N) is 1. The van der Waals surface area contributed by atoms with Crippen LogP contribution in [0.3, 0.4) is 0 Å². The highest BCUT2D eigenvalue weighted by Gasteiger charge is 2.11. The molecule has 2 aromatic carbocycles. The van der Waals surface area contributed by atoms with Crippen molar-refractivity contribution in [2.75, 3.05) is 12.4 Å². The van der Waals surface area contributed by atoms with E-state index < -0.39 is 5.91 Å². The lowest BCUT2D eigenvalue weighted by molar-refractivity contribution is -0.112. The van der Waals surface area contributed by atoms with E-state index in [1.807, 2.05) is 31.2 Å². The Hall–Kier alpha value is -3.39. The molecule has 2 amide bonds. The van der Waals surface area contributed by atoms with Crippen LogP contribution < -0.4 is 10.6 Å². The van der Waals surface area contributed by atoms with Crippen molar-refractivity contribution in [3.8, 4) is 6.07 Å². The minimum atomic E-state index is -0.470. The Labute approximate surface area is 140 Å². The molecule has 0 unspecified atom stereocenters. The van der Waals surface area contributed by atoms with Crippen molar-refractivity contribution in [3.63, 3.8) is 0 Å². The van der Waals surface area contributed by atoms with Crippen LogP contribution in [-0.2, 0) is 4.79 Å². The van der Waals surface area contributed by atoms with E-state index in [0.717, 1.165) is 5.56 Å². The molecular weight excluding hydrogens is 302 g/mol. The maximum absolute atomic E-state index is 12.3. The van der Waals surface area contributed by atoms with Crippen LogP contribution in [0.25, 0.3) is 6.08 Å². The number of para-hydroxylation sites is 1. The number of nitrogens with one attached hydrogen (secondary N) is 2. The van der Waals surface area contributed by atoms with Gasteiger partial charge in [-0.2, -0.15) is 5.26 Å². The number of hydrogen-bond acceptors (Lipinski definition) is 3. The Morgan fingerprint density at radius 3 is 2.33 bits per heavy atom. The number of amides is 2. The zero-order chi connectivity index (χ0) is 17.5. The van der Waals surface area contributed by atoms with Crippen molar-refractivity contribution in [2.45, 2.75) is 6.92 Å². The topological polar surface area (TPSA) is 82.0 Å². The molecule has 0 saturated carbocycles. The largest absolute Gasteiger partial charge is 0.355 e. The van der Waals surface area contributed by atoms with Gasteiger partial charge in [0.25, 0.3) is 11.8 Å². The molecule has 0 bridgehead atoms. The van der Waals surface area contributed by atoms with Crippen LogP contribution in [0.4, 0.5) is 5.69 Å². The minimum Gasteiger partial charge on any atom is -0.355 e. The Balaban J connectivity index is 2.20. The molecule has 2 rings (SSSR count). The van der Waals surface area contributed by atoms with Gasteiger partial charge in [-0.3, -0.25) is 9.59 Å². The lowest BCUT2D eigenvalue weighted by Crippen LogP contribution is -2.17. The summed E-state index contributed by atoms with van der Waals surface area (Å²) in [7, 11) is 1.56. The highest BCUT2D eigenvalue weighted by atomic mass is 16.2. The molecule has 120 valence electrons. The second-order valence-corrected chi connectivity index (χ2v) is 5.14. The number of anilines is 1. The Morgan fingerprint density at radius 2 is 1.75 bits per heavy atom. The molecule has 0 aromatic heterocycles. The Morgan fingerprint density at radius 1 is 1.08 bits per heavy atom. The molecule has 0 heterocycles. The molecule has 24 heavy (non-hydrogen) atoms. The van der Waals surface area contributed by atoms with Crippen molar-refractivity contribution < 1.29 is 9.59 Å². The SMILES string of the molecule is CNC(=O)c1ccc(/C=C(/C#N)C(=O)Nc2ccccc2C)cc1. The molecule has 0 fully saturated rings. The standard InChI is InChI=1S/C19H17N3O2/c1-13-5-3-4-6-17(13)22-19(24)16(12-20)11-14-7-9-15(10-8-14)18(23)21-2/h3-11H,1-2H3,(H,21,23)(H,22,24)/b16-11-. The molecule has 0 saturated heterocycles. The van der Waals surface area contributed by atoms with E-state index in [-0.39, 0.29) is 11.5 Å². The number of rotatable bonds is 4.